The summed E-state index contributed by atoms with van der Waals surface area (Å²) in [6.07, 6.45) is 3.70. The smallest absolute Gasteiger partial charge is 0.238 e. The van der Waals surface area contributed by atoms with Crippen LogP contribution < -0.4 is 5.32 Å². The summed E-state index contributed by atoms with van der Waals surface area (Å²) in [5.74, 6) is 0.836. The number of hydrogen-bond acceptors (Lipinski definition) is 4. The molecule has 0 bridgehead atoms. The standard InChI is InChI=1S/C20H32N2O3S/c1-4-6-12-22(19-11-13-26(24,25)15-19)14-20(23)21-18-9-7-17(8-10-18)16(3)5-2/h7-10,16,19H,4-6,11-15H2,1-3H3,(H,21,23). The van der Waals surface area contributed by atoms with Crippen LogP contribution in [-0.2, 0) is 14.6 Å². The van der Waals surface area contributed by atoms with Crippen LogP contribution in [0.4, 0.5) is 5.69 Å². The van der Waals surface area contributed by atoms with Crippen molar-refractivity contribution in [3.8, 4) is 0 Å². The van der Waals surface area contributed by atoms with Crippen molar-refractivity contribution in [3.63, 3.8) is 0 Å². The summed E-state index contributed by atoms with van der Waals surface area (Å²) >= 11 is 0. The number of rotatable bonds is 9. The largest absolute Gasteiger partial charge is 0.325 e. The second-order valence-corrected chi connectivity index (χ2v) is 9.59. The van der Waals surface area contributed by atoms with Crippen molar-refractivity contribution in [2.75, 3.05) is 29.9 Å². The zero-order chi connectivity index (χ0) is 19.2. The van der Waals surface area contributed by atoms with Crippen LogP contribution in [0.15, 0.2) is 24.3 Å². The Kier molecular flexibility index (Phi) is 7.65. The SMILES string of the molecule is CCCCN(CC(=O)Nc1ccc(C(C)CC)cc1)C1CCS(=O)(=O)C1. The minimum atomic E-state index is -2.95. The zero-order valence-electron chi connectivity index (χ0n) is 16.2. The van der Waals surface area contributed by atoms with Crippen LogP contribution in [0, 0.1) is 0 Å². The highest BCUT2D eigenvalue weighted by atomic mass is 32.2. The first-order chi connectivity index (χ1) is 12.3. The number of nitrogens with one attached hydrogen (secondary N) is 1. The maximum atomic E-state index is 12.5. The van der Waals surface area contributed by atoms with E-state index in [-0.39, 0.29) is 30.0 Å². The Hall–Kier alpha value is -1.40. The molecule has 0 aliphatic carbocycles. The maximum absolute atomic E-state index is 12.5. The van der Waals surface area contributed by atoms with Gasteiger partial charge in [0.25, 0.3) is 0 Å². The zero-order valence-corrected chi connectivity index (χ0v) is 17.0. The minimum Gasteiger partial charge on any atom is -0.325 e. The molecule has 2 unspecified atom stereocenters. The lowest BCUT2D eigenvalue weighted by Gasteiger charge is -2.27. The Morgan fingerprint density at radius 1 is 1.27 bits per heavy atom. The van der Waals surface area contributed by atoms with E-state index in [1.807, 2.05) is 17.0 Å². The second kappa shape index (κ2) is 9.51. The third-order valence-corrected chi connectivity index (χ3v) is 7.00. The fourth-order valence-electron chi connectivity index (χ4n) is 3.33. The molecule has 1 aromatic carbocycles. The Morgan fingerprint density at radius 2 is 1.96 bits per heavy atom. The summed E-state index contributed by atoms with van der Waals surface area (Å²) in [4.78, 5) is 14.5. The molecule has 6 heteroatoms. The lowest BCUT2D eigenvalue weighted by atomic mass is 9.99. The molecule has 2 atom stereocenters. The average molecular weight is 381 g/mol. The summed E-state index contributed by atoms with van der Waals surface area (Å²) < 4.78 is 23.6. The number of carbonyl (C=O) groups is 1. The van der Waals surface area contributed by atoms with Gasteiger partial charge in [0.05, 0.1) is 18.1 Å². The maximum Gasteiger partial charge on any atom is 0.238 e. The van der Waals surface area contributed by atoms with E-state index >= 15 is 0 Å². The molecule has 1 amide bonds. The molecule has 1 aliphatic heterocycles. The van der Waals surface area contributed by atoms with Crippen LogP contribution in [0.5, 0.6) is 0 Å². The Labute approximate surface area is 158 Å². The van der Waals surface area contributed by atoms with E-state index in [2.05, 4.69) is 38.2 Å². The van der Waals surface area contributed by atoms with E-state index in [9.17, 15) is 13.2 Å². The monoisotopic (exact) mass is 380 g/mol. The van der Waals surface area contributed by atoms with Crippen LogP contribution in [-0.4, -0.2) is 49.9 Å². The number of benzene rings is 1. The van der Waals surface area contributed by atoms with Crippen molar-refractivity contribution >= 4 is 21.4 Å². The van der Waals surface area contributed by atoms with Gasteiger partial charge in [-0.3, -0.25) is 9.69 Å². The first-order valence-electron chi connectivity index (χ1n) is 9.69. The highest BCUT2D eigenvalue weighted by Crippen LogP contribution is 2.21. The van der Waals surface area contributed by atoms with E-state index in [0.717, 1.165) is 31.5 Å². The predicted octanol–water partition coefficient (Wildman–Crippen LogP) is 3.43. The van der Waals surface area contributed by atoms with Gasteiger partial charge in [-0.2, -0.15) is 0 Å². The van der Waals surface area contributed by atoms with Crippen molar-refractivity contribution in [1.29, 1.82) is 0 Å². The van der Waals surface area contributed by atoms with Crippen molar-refractivity contribution in [2.24, 2.45) is 0 Å². The van der Waals surface area contributed by atoms with Gasteiger partial charge in [-0.05, 0) is 49.4 Å². The first-order valence-corrected chi connectivity index (χ1v) is 11.5. The molecule has 1 fully saturated rings. The van der Waals surface area contributed by atoms with Gasteiger partial charge in [0.1, 0.15) is 0 Å². The van der Waals surface area contributed by atoms with Crippen LogP contribution in [0.3, 0.4) is 0 Å². The van der Waals surface area contributed by atoms with Crippen molar-refractivity contribution in [1.82, 2.24) is 4.90 Å². The molecular formula is C20H32N2O3S. The molecule has 26 heavy (non-hydrogen) atoms. The topological polar surface area (TPSA) is 66.5 Å². The summed E-state index contributed by atoms with van der Waals surface area (Å²) in [5.41, 5.74) is 2.06. The number of anilines is 1. The van der Waals surface area contributed by atoms with E-state index in [1.165, 1.54) is 5.56 Å². The highest BCUT2D eigenvalue weighted by Gasteiger charge is 2.32. The average Bonchev–Trinajstić information content (AvgIpc) is 2.98. The molecule has 1 aliphatic rings. The third-order valence-electron chi connectivity index (χ3n) is 5.25. The molecule has 0 saturated carbocycles. The third kappa shape index (κ3) is 6.09. The molecule has 2 rings (SSSR count). The molecule has 1 aromatic rings. The van der Waals surface area contributed by atoms with E-state index in [0.29, 0.717) is 12.3 Å². The summed E-state index contributed by atoms with van der Waals surface area (Å²) in [7, 11) is -2.95. The first kappa shape index (κ1) is 20.9. The number of amides is 1. The van der Waals surface area contributed by atoms with Crippen LogP contribution >= 0.6 is 0 Å². The molecule has 1 N–H and O–H groups in total. The summed E-state index contributed by atoms with van der Waals surface area (Å²) in [6.45, 7) is 7.45. The predicted molar refractivity (Wildman–Crippen MR) is 107 cm³/mol. The summed E-state index contributed by atoms with van der Waals surface area (Å²) in [5, 5.41) is 2.95. The fourth-order valence-corrected chi connectivity index (χ4v) is 5.09. The Bertz CT molecular complexity index is 686. The van der Waals surface area contributed by atoms with Crippen molar-refractivity contribution < 1.29 is 13.2 Å². The quantitative estimate of drug-likeness (QED) is 0.713. The summed E-state index contributed by atoms with van der Waals surface area (Å²) in [6, 6.07) is 7.96. The normalized spacial score (nSPS) is 20.2. The van der Waals surface area contributed by atoms with Crippen molar-refractivity contribution in [2.45, 2.75) is 58.4 Å². The van der Waals surface area contributed by atoms with E-state index < -0.39 is 9.84 Å². The lowest BCUT2D eigenvalue weighted by Crippen LogP contribution is -2.42. The number of carbonyl (C=O) groups excluding carboxylic acids is 1. The van der Waals surface area contributed by atoms with Gasteiger partial charge in [-0.25, -0.2) is 8.42 Å². The van der Waals surface area contributed by atoms with Gasteiger partial charge in [0.15, 0.2) is 9.84 Å². The number of sulfone groups is 1. The molecule has 146 valence electrons. The van der Waals surface area contributed by atoms with E-state index in [1.54, 1.807) is 0 Å². The molecular weight excluding hydrogens is 348 g/mol. The highest BCUT2D eigenvalue weighted by molar-refractivity contribution is 7.91. The van der Waals surface area contributed by atoms with E-state index in [4.69, 9.17) is 0 Å². The Morgan fingerprint density at radius 3 is 2.50 bits per heavy atom. The number of nitrogens with zero attached hydrogens (tertiary/aromatic N) is 1. The van der Waals surface area contributed by atoms with Gasteiger partial charge >= 0.3 is 0 Å². The number of unbranched alkanes of at least 4 members (excludes halogenated alkanes) is 1. The van der Waals surface area contributed by atoms with Crippen molar-refractivity contribution in [3.05, 3.63) is 29.8 Å². The fraction of sp³-hybridized carbons (Fsp3) is 0.650. The van der Waals surface area contributed by atoms with Gasteiger partial charge in [-0.15, -0.1) is 0 Å². The van der Waals surface area contributed by atoms with Gasteiger partial charge in [-0.1, -0.05) is 39.3 Å². The molecule has 1 saturated heterocycles. The molecule has 1 heterocycles. The molecule has 5 nitrogen and oxygen atoms in total. The van der Waals surface area contributed by atoms with Gasteiger partial charge < -0.3 is 5.32 Å². The molecule has 0 spiro atoms. The second-order valence-electron chi connectivity index (χ2n) is 7.36. The molecule has 0 radical (unpaired) electrons. The van der Waals surface area contributed by atoms with Crippen LogP contribution in [0.1, 0.15) is 57.9 Å². The number of hydrogen-bond donors (Lipinski definition) is 1. The van der Waals surface area contributed by atoms with Crippen LogP contribution in [0.25, 0.3) is 0 Å². The Balaban J connectivity index is 1.96. The minimum absolute atomic E-state index is 0.0370. The lowest BCUT2D eigenvalue weighted by molar-refractivity contribution is -0.117. The molecule has 0 aromatic heterocycles. The van der Waals surface area contributed by atoms with Gasteiger partial charge in [0.2, 0.25) is 5.91 Å². The van der Waals surface area contributed by atoms with Crippen LogP contribution in [0.2, 0.25) is 0 Å². The van der Waals surface area contributed by atoms with Gasteiger partial charge in [0, 0.05) is 11.7 Å².